The Balaban J connectivity index is 1.81. The molecule has 0 aromatic carbocycles. The van der Waals surface area contributed by atoms with E-state index in [0.717, 1.165) is 17.1 Å². The molecule has 6 nitrogen and oxygen atoms in total. The number of ether oxygens (including phenoxy) is 1. The summed E-state index contributed by atoms with van der Waals surface area (Å²) in [7, 11) is 0. The minimum Gasteiger partial charge on any atom is -0.375 e. The lowest BCUT2D eigenvalue weighted by Gasteiger charge is -2.06. The molecule has 0 spiro atoms. The quantitative estimate of drug-likeness (QED) is 0.617. The Morgan fingerprint density at radius 1 is 1.35 bits per heavy atom. The molecule has 0 aliphatic heterocycles. The summed E-state index contributed by atoms with van der Waals surface area (Å²) < 4.78 is 7.08. The van der Waals surface area contributed by atoms with E-state index in [4.69, 9.17) is 4.74 Å². The number of nitrogens with one attached hydrogen (secondary N) is 1. The van der Waals surface area contributed by atoms with Crippen LogP contribution in [0.15, 0.2) is 36.5 Å². The maximum Gasteiger partial charge on any atom is 0.175 e. The fraction of sp³-hybridized carbons (Fsp3) is 0.357. The highest BCUT2D eigenvalue weighted by molar-refractivity contribution is 5.36. The number of anilines is 1. The summed E-state index contributed by atoms with van der Waals surface area (Å²) in [4.78, 5) is 0. The number of hydrogen-bond donors (Lipinski definition) is 1. The predicted octanol–water partition coefficient (Wildman–Crippen LogP) is 1.98. The average molecular weight is 273 g/mol. The van der Waals surface area contributed by atoms with E-state index in [2.05, 4.69) is 27.2 Å². The summed E-state index contributed by atoms with van der Waals surface area (Å²) in [5, 5.41) is 15.6. The van der Waals surface area contributed by atoms with Crippen molar-refractivity contribution >= 4 is 5.82 Å². The third-order valence-corrected chi connectivity index (χ3v) is 2.51. The van der Waals surface area contributed by atoms with Crippen molar-refractivity contribution in [2.45, 2.75) is 13.8 Å². The van der Waals surface area contributed by atoms with Gasteiger partial charge in [-0.05, 0) is 32.0 Å². The van der Waals surface area contributed by atoms with Gasteiger partial charge < -0.3 is 10.1 Å². The molecule has 0 fully saturated rings. The highest BCUT2D eigenvalue weighted by atomic mass is 16.5. The van der Waals surface area contributed by atoms with Crippen molar-refractivity contribution in [1.29, 1.82) is 0 Å². The van der Waals surface area contributed by atoms with E-state index in [1.807, 2.05) is 38.2 Å². The minimum absolute atomic E-state index is 0.588. The van der Waals surface area contributed by atoms with Crippen LogP contribution in [0.3, 0.4) is 0 Å². The Kier molecular flexibility index (Phi) is 4.84. The van der Waals surface area contributed by atoms with Gasteiger partial charge in [-0.25, -0.2) is 4.68 Å². The van der Waals surface area contributed by atoms with E-state index >= 15 is 0 Å². The second-order valence-corrected chi connectivity index (χ2v) is 4.61. The molecular weight excluding hydrogens is 254 g/mol. The van der Waals surface area contributed by atoms with E-state index in [-0.39, 0.29) is 0 Å². The van der Waals surface area contributed by atoms with Gasteiger partial charge in [0.1, 0.15) is 5.82 Å². The van der Waals surface area contributed by atoms with Crippen LogP contribution in [0.2, 0.25) is 0 Å². The first-order valence-corrected chi connectivity index (χ1v) is 6.47. The van der Waals surface area contributed by atoms with E-state index in [1.165, 1.54) is 0 Å². The van der Waals surface area contributed by atoms with Crippen molar-refractivity contribution in [3.05, 3.63) is 42.2 Å². The zero-order valence-electron chi connectivity index (χ0n) is 11.8. The Bertz CT molecular complexity index is 561. The van der Waals surface area contributed by atoms with Crippen molar-refractivity contribution in [1.82, 2.24) is 20.0 Å². The summed E-state index contributed by atoms with van der Waals surface area (Å²) in [5.74, 6) is 1.42. The monoisotopic (exact) mass is 273 g/mol. The van der Waals surface area contributed by atoms with Gasteiger partial charge in [0, 0.05) is 12.7 Å². The molecule has 0 saturated carbocycles. The molecule has 0 atom stereocenters. The molecule has 2 aromatic rings. The molecule has 1 N–H and O–H groups in total. The second kappa shape index (κ2) is 6.81. The van der Waals surface area contributed by atoms with Gasteiger partial charge in [0.25, 0.3) is 0 Å². The third kappa shape index (κ3) is 4.17. The zero-order chi connectivity index (χ0) is 14.4. The van der Waals surface area contributed by atoms with Gasteiger partial charge in [-0.1, -0.05) is 12.2 Å². The first kappa shape index (κ1) is 14.2. The average Bonchev–Trinajstić information content (AvgIpc) is 2.85. The first-order chi connectivity index (χ1) is 9.65. The van der Waals surface area contributed by atoms with Crippen molar-refractivity contribution in [3.63, 3.8) is 0 Å². The number of nitrogens with zero attached hydrogens (tertiary/aromatic N) is 4. The molecule has 0 amide bonds. The Morgan fingerprint density at radius 2 is 2.20 bits per heavy atom. The van der Waals surface area contributed by atoms with Crippen LogP contribution in [-0.2, 0) is 4.74 Å². The molecule has 106 valence electrons. The van der Waals surface area contributed by atoms with Gasteiger partial charge in [-0.2, -0.15) is 5.10 Å². The van der Waals surface area contributed by atoms with Crippen LogP contribution in [0.25, 0.3) is 5.82 Å². The Hall–Kier alpha value is -2.21. The predicted molar refractivity (Wildman–Crippen MR) is 78.0 cm³/mol. The minimum atomic E-state index is 0.588. The van der Waals surface area contributed by atoms with Crippen LogP contribution in [0, 0.1) is 6.92 Å². The van der Waals surface area contributed by atoms with Crippen molar-refractivity contribution in [3.8, 4) is 5.82 Å². The molecule has 2 heterocycles. The van der Waals surface area contributed by atoms with Gasteiger partial charge in [0.2, 0.25) is 0 Å². The van der Waals surface area contributed by atoms with Gasteiger partial charge in [0.05, 0.1) is 18.9 Å². The molecule has 2 aromatic heterocycles. The van der Waals surface area contributed by atoms with Gasteiger partial charge in [-0.3, -0.25) is 0 Å². The number of aryl methyl sites for hydroxylation is 1. The maximum atomic E-state index is 5.39. The third-order valence-electron chi connectivity index (χ3n) is 2.51. The lowest BCUT2D eigenvalue weighted by Crippen LogP contribution is -2.12. The van der Waals surface area contributed by atoms with Crippen molar-refractivity contribution in [2.24, 2.45) is 0 Å². The van der Waals surface area contributed by atoms with Crippen LogP contribution >= 0.6 is 0 Å². The summed E-state index contributed by atoms with van der Waals surface area (Å²) in [6.07, 6.45) is 1.86. The summed E-state index contributed by atoms with van der Waals surface area (Å²) >= 11 is 0. The number of hydrogen-bond acceptors (Lipinski definition) is 5. The smallest absolute Gasteiger partial charge is 0.175 e. The van der Waals surface area contributed by atoms with Crippen molar-refractivity contribution in [2.75, 3.05) is 25.1 Å². The van der Waals surface area contributed by atoms with Crippen LogP contribution in [0.5, 0.6) is 0 Å². The Morgan fingerprint density at radius 3 is 2.80 bits per heavy atom. The molecular formula is C14H19N5O. The zero-order valence-corrected chi connectivity index (χ0v) is 11.8. The van der Waals surface area contributed by atoms with Gasteiger partial charge >= 0.3 is 0 Å². The number of rotatable bonds is 7. The lowest BCUT2D eigenvalue weighted by atomic mass is 10.4. The maximum absolute atomic E-state index is 5.39. The van der Waals surface area contributed by atoms with Crippen molar-refractivity contribution < 1.29 is 4.74 Å². The lowest BCUT2D eigenvalue weighted by molar-refractivity contribution is 0.167. The standard InChI is InChI=1S/C14H19N5O/c1-11(2)10-20-9-7-15-13-4-5-14(17-16-13)19-8-6-12(3)18-19/h4-6,8H,1,7,9-10H2,2-3H3,(H,15,16). The van der Waals surface area contributed by atoms with Gasteiger partial charge in [0.15, 0.2) is 5.82 Å². The van der Waals surface area contributed by atoms with E-state index < -0.39 is 0 Å². The van der Waals surface area contributed by atoms with Crippen LogP contribution < -0.4 is 5.32 Å². The van der Waals surface area contributed by atoms with E-state index in [1.54, 1.807) is 4.68 Å². The number of aromatic nitrogens is 4. The van der Waals surface area contributed by atoms with E-state index in [0.29, 0.717) is 25.6 Å². The van der Waals surface area contributed by atoms with E-state index in [9.17, 15) is 0 Å². The van der Waals surface area contributed by atoms with Crippen LogP contribution in [0.1, 0.15) is 12.6 Å². The first-order valence-electron chi connectivity index (χ1n) is 6.47. The van der Waals surface area contributed by atoms with Crippen LogP contribution in [-0.4, -0.2) is 39.7 Å². The highest BCUT2D eigenvalue weighted by Gasteiger charge is 2.01. The molecule has 20 heavy (non-hydrogen) atoms. The Labute approximate surface area is 118 Å². The summed E-state index contributed by atoms with van der Waals surface area (Å²) in [5.41, 5.74) is 1.97. The largest absolute Gasteiger partial charge is 0.375 e. The fourth-order valence-corrected chi connectivity index (χ4v) is 1.58. The second-order valence-electron chi connectivity index (χ2n) is 4.61. The topological polar surface area (TPSA) is 64.9 Å². The molecule has 6 heteroatoms. The molecule has 0 aliphatic rings. The SMILES string of the molecule is C=C(C)COCCNc1ccc(-n2ccc(C)n2)nn1. The fourth-order valence-electron chi connectivity index (χ4n) is 1.58. The molecule has 0 bridgehead atoms. The molecule has 2 rings (SSSR count). The van der Waals surface area contributed by atoms with Gasteiger partial charge in [-0.15, -0.1) is 10.2 Å². The normalized spacial score (nSPS) is 10.5. The summed E-state index contributed by atoms with van der Waals surface area (Å²) in [6.45, 7) is 9.53. The molecule has 0 radical (unpaired) electrons. The summed E-state index contributed by atoms with van der Waals surface area (Å²) in [6, 6.07) is 5.67. The highest BCUT2D eigenvalue weighted by Crippen LogP contribution is 2.06. The molecule has 0 unspecified atom stereocenters. The molecule has 0 aliphatic carbocycles. The molecule has 0 saturated heterocycles. The van der Waals surface area contributed by atoms with Crippen LogP contribution in [0.4, 0.5) is 5.82 Å².